The summed E-state index contributed by atoms with van der Waals surface area (Å²) in [6.45, 7) is 0. The number of nitrogens with one attached hydrogen (secondary N) is 1. The molecule has 4 aromatic heterocycles. The normalized spacial score (nSPS) is 12.0. The number of aromatic nitrogens is 5. The molecule has 0 fully saturated rings. The molecule has 0 radical (unpaired) electrons. The minimum atomic E-state index is -3.01. The summed E-state index contributed by atoms with van der Waals surface area (Å²) in [6.07, 6.45) is 1.93. The third kappa shape index (κ3) is 4.12. The largest absolute Gasteiger partial charge is 0.294 e. The first-order valence-electron chi connectivity index (χ1n) is 16.9. The van der Waals surface area contributed by atoms with Crippen LogP contribution in [0.15, 0.2) is 182 Å². The molecule has 0 aliphatic carbocycles. The van der Waals surface area contributed by atoms with Gasteiger partial charge in [-0.15, -0.1) is 0 Å². The summed E-state index contributed by atoms with van der Waals surface area (Å²) in [7, 11) is -3.01. The van der Waals surface area contributed by atoms with Crippen LogP contribution in [0.1, 0.15) is 0 Å². The van der Waals surface area contributed by atoms with Crippen molar-refractivity contribution in [1.29, 1.82) is 0 Å². The van der Waals surface area contributed by atoms with Crippen molar-refractivity contribution in [2.24, 2.45) is 0 Å². The van der Waals surface area contributed by atoms with Crippen molar-refractivity contribution in [2.75, 3.05) is 0 Å². The van der Waals surface area contributed by atoms with Crippen molar-refractivity contribution in [1.82, 2.24) is 24.3 Å². The zero-order chi connectivity index (χ0) is 33.1. The van der Waals surface area contributed by atoms with E-state index in [1.165, 1.54) is 31.7 Å². The van der Waals surface area contributed by atoms with Crippen molar-refractivity contribution >= 4 is 72.7 Å². The van der Waals surface area contributed by atoms with Gasteiger partial charge in [-0.1, -0.05) is 133 Å². The van der Waals surface area contributed by atoms with E-state index in [2.05, 4.69) is 195 Å². The molecule has 0 spiro atoms. The van der Waals surface area contributed by atoms with Crippen LogP contribution in [0, 0.1) is 0 Å². The fraction of sp³-hybridized carbons (Fsp3) is 0. The Morgan fingerprint density at radius 3 is 1.60 bits per heavy atom. The topological polar surface area (TPSA) is 51.4 Å². The summed E-state index contributed by atoms with van der Waals surface area (Å²) in [5.74, 6) is 0.912. The summed E-state index contributed by atoms with van der Waals surface area (Å²) in [5, 5.41) is 17.4. The molecule has 0 saturated carbocycles. The fourth-order valence-corrected chi connectivity index (χ4v) is 12.7. The van der Waals surface area contributed by atoms with Crippen LogP contribution in [0.3, 0.4) is 0 Å². The molecular formula is C44H31N5Si. The molecule has 1 N–H and O–H groups in total. The standard InChI is InChI=1S/C44H31N5Si/c1-3-16-32(17-4-1)50(33-18-5-2-6-19-33,34-20-13-15-31(29-34)48-39-24-10-9-23-37(39)38-30-45-47-44(38)48)43-28-14-27-42(46-43)49-40-25-11-7-21-35(40)36-22-8-12-26-41(36)49/h1-30H,(H,45,47). The van der Waals surface area contributed by atoms with E-state index in [1.807, 2.05) is 6.20 Å². The third-order valence-electron chi connectivity index (χ3n) is 10.2. The van der Waals surface area contributed by atoms with Gasteiger partial charge in [0.2, 0.25) is 8.07 Å². The van der Waals surface area contributed by atoms with Crippen molar-refractivity contribution in [2.45, 2.75) is 0 Å². The lowest BCUT2D eigenvalue weighted by molar-refractivity contribution is 1.05. The minimum absolute atomic E-state index is 0.912. The molecule has 0 saturated heterocycles. The number of fused-ring (bicyclic) bond motifs is 6. The third-order valence-corrected chi connectivity index (χ3v) is 14.8. The average molecular weight is 658 g/mol. The first-order chi connectivity index (χ1) is 24.8. The Hall–Kier alpha value is -6.50. The Balaban J connectivity index is 1.28. The first-order valence-corrected chi connectivity index (χ1v) is 18.9. The Labute approximate surface area is 289 Å². The molecule has 0 aliphatic heterocycles. The molecule has 10 rings (SSSR count). The van der Waals surface area contributed by atoms with Crippen LogP contribution in [-0.4, -0.2) is 32.4 Å². The maximum atomic E-state index is 5.70. The lowest BCUT2D eigenvalue weighted by Gasteiger charge is -2.34. The van der Waals surface area contributed by atoms with E-state index >= 15 is 0 Å². The van der Waals surface area contributed by atoms with Crippen LogP contribution in [0.2, 0.25) is 0 Å². The number of nitrogens with zero attached hydrogens (tertiary/aromatic N) is 4. The number of H-pyrrole nitrogens is 1. The Morgan fingerprint density at radius 1 is 0.440 bits per heavy atom. The summed E-state index contributed by atoms with van der Waals surface area (Å²) in [6, 6.07) is 63.5. The van der Waals surface area contributed by atoms with E-state index in [-0.39, 0.29) is 0 Å². The second kappa shape index (κ2) is 11.3. The molecule has 0 bridgehead atoms. The van der Waals surface area contributed by atoms with Gasteiger partial charge in [-0.2, -0.15) is 5.10 Å². The maximum Gasteiger partial charge on any atom is 0.202 e. The number of aromatic amines is 1. The van der Waals surface area contributed by atoms with E-state index in [1.54, 1.807) is 0 Å². The van der Waals surface area contributed by atoms with Crippen molar-refractivity contribution in [3.05, 3.63) is 182 Å². The van der Waals surface area contributed by atoms with Crippen molar-refractivity contribution in [3.8, 4) is 11.5 Å². The van der Waals surface area contributed by atoms with E-state index in [4.69, 9.17) is 4.98 Å². The summed E-state index contributed by atoms with van der Waals surface area (Å²) < 4.78 is 4.62. The Kier molecular flexibility index (Phi) is 6.44. The highest BCUT2D eigenvalue weighted by Crippen LogP contribution is 2.32. The van der Waals surface area contributed by atoms with Crippen LogP contribution in [-0.2, 0) is 0 Å². The number of benzene rings is 6. The molecule has 0 atom stereocenters. The second-order valence-electron chi connectivity index (χ2n) is 12.8. The van der Waals surface area contributed by atoms with Gasteiger partial charge in [0.15, 0.2) is 0 Å². The highest BCUT2D eigenvalue weighted by Gasteiger charge is 2.43. The monoisotopic (exact) mass is 657 g/mol. The summed E-state index contributed by atoms with van der Waals surface area (Å²) >= 11 is 0. The zero-order valence-corrected chi connectivity index (χ0v) is 28.1. The summed E-state index contributed by atoms with van der Waals surface area (Å²) in [5.41, 5.74) is 5.51. The SMILES string of the molecule is c1ccc([Si](c2ccccc2)(c2cccc(-n3c4ccccc4c4cn[nH]c43)c2)c2cccc(-n3c4ccccc4c4ccccc43)n2)cc1. The van der Waals surface area contributed by atoms with E-state index < -0.39 is 8.07 Å². The van der Waals surface area contributed by atoms with Crippen molar-refractivity contribution in [3.63, 3.8) is 0 Å². The first kappa shape index (κ1) is 28.5. The van der Waals surface area contributed by atoms with Gasteiger partial charge >= 0.3 is 0 Å². The van der Waals surface area contributed by atoms with Crippen LogP contribution in [0.5, 0.6) is 0 Å². The smallest absolute Gasteiger partial charge is 0.202 e. The molecule has 0 amide bonds. The van der Waals surface area contributed by atoms with E-state index in [0.29, 0.717) is 0 Å². The fourth-order valence-electron chi connectivity index (χ4n) is 8.06. The van der Waals surface area contributed by atoms with Crippen LogP contribution < -0.4 is 20.9 Å². The second-order valence-corrected chi connectivity index (χ2v) is 16.5. The van der Waals surface area contributed by atoms with Crippen LogP contribution >= 0.6 is 0 Å². The number of pyridine rings is 1. The van der Waals surface area contributed by atoms with Crippen LogP contribution in [0.25, 0.3) is 55.2 Å². The molecule has 6 heteroatoms. The predicted octanol–water partition coefficient (Wildman–Crippen LogP) is 7.38. The lowest BCUT2D eigenvalue weighted by Crippen LogP contribution is -2.75. The van der Waals surface area contributed by atoms with Gasteiger partial charge in [0, 0.05) is 32.5 Å². The summed E-state index contributed by atoms with van der Waals surface area (Å²) in [4.78, 5) is 5.70. The van der Waals surface area contributed by atoms with Crippen molar-refractivity contribution < 1.29 is 0 Å². The number of para-hydroxylation sites is 3. The molecule has 236 valence electrons. The zero-order valence-electron chi connectivity index (χ0n) is 27.1. The maximum absolute atomic E-state index is 5.70. The number of hydrogen-bond donors (Lipinski definition) is 1. The van der Waals surface area contributed by atoms with Gasteiger partial charge in [0.1, 0.15) is 11.5 Å². The van der Waals surface area contributed by atoms with E-state index in [9.17, 15) is 0 Å². The number of hydrogen-bond acceptors (Lipinski definition) is 2. The van der Waals surface area contributed by atoms with E-state index in [0.717, 1.165) is 44.4 Å². The van der Waals surface area contributed by atoms with Crippen LogP contribution in [0.4, 0.5) is 0 Å². The molecule has 50 heavy (non-hydrogen) atoms. The highest BCUT2D eigenvalue weighted by molar-refractivity contribution is 7.19. The predicted molar refractivity (Wildman–Crippen MR) is 209 cm³/mol. The Bertz CT molecular complexity index is 2740. The molecule has 0 aliphatic rings. The Morgan fingerprint density at radius 2 is 0.960 bits per heavy atom. The van der Waals surface area contributed by atoms with Gasteiger partial charge < -0.3 is 0 Å². The van der Waals surface area contributed by atoms with Gasteiger partial charge in [-0.3, -0.25) is 14.2 Å². The minimum Gasteiger partial charge on any atom is -0.294 e. The van der Waals surface area contributed by atoms with Gasteiger partial charge in [-0.25, -0.2) is 4.98 Å². The molecule has 5 nitrogen and oxygen atoms in total. The highest BCUT2D eigenvalue weighted by atomic mass is 28.3. The quantitative estimate of drug-likeness (QED) is 0.150. The molecule has 4 heterocycles. The molecule has 6 aromatic carbocycles. The average Bonchev–Trinajstić information content (AvgIpc) is 3.88. The molecule has 10 aromatic rings. The molecule has 0 unspecified atom stereocenters. The van der Waals surface area contributed by atoms with Gasteiger partial charge in [-0.05, 0) is 58.0 Å². The van der Waals surface area contributed by atoms with Gasteiger partial charge in [0.25, 0.3) is 0 Å². The molecular weight excluding hydrogens is 627 g/mol. The van der Waals surface area contributed by atoms with Gasteiger partial charge in [0.05, 0.1) is 22.7 Å². The lowest BCUT2D eigenvalue weighted by atomic mass is 10.2. The number of rotatable bonds is 6.